The van der Waals surface area contributed by atoms with Gasteiger partial charge in [0.25, 0.3) is 11.8 Å². The molecule has 6 rings (SSSR count). The third-order valence-electron chi connectivity index (χ3n) is 9.37. The van der Waals surface area contributed by atoms with Crippen LogP contribution in [0.2, 0.25) is 0 Å². The highest BCUT2D eigenvalue weighted by molar-refractivity contribution is 5.95. The summed E-state index contributed by atoms with van der Waals surface area (Å²) in [6, 6.07) is 11.8. The zero-order valence-electron chi connectivity index (χ0n) is 24.8. The van der Waals surface area contributed by atoms with Gasteiger partial charge < -0.3 is 10.6 Å². The maximum atomic E-state index is 13.2. The standard InChI is InChI=1S/C32H36N8O3/c1-33-27-18-23-17-26(23)40(27)28(41)7-5-6-14-32(31-36-38-39(4)37-31)24-12-10-21(29(42)34-2)15-19(24)8-9-20-16-22(30(43)35-3)11-13-25(20)32/h10-13,15-16,23,26-27H,5-9,14,17-18H2,2-4H3,(H,34,42)(H,35,43)/t23-,26-,27-/m0/s1. The Kier molecular flexibility index (Phi) is 7.46. The van der Waals surface area contributed by atoms with Crippen molar-refractivity contribution in [2.75, 3.05) is 14.1 Å². The molecule has 2 heterocycles. The van der Waals surface area contributed by atoms with E-state index in [0.29, 0.717) is 61.4 Å². The molecule has 11 nitrogen and oxygen atoms in total. The van der Waals surface area contributed by atoms with Crippen LogP contribution in [0.1, 0.15) is 87.3 Å². The van der Waals surface area contributed by atoms with Crippen LogP contribution >= 0.6 is 0 Å². The van der Waals surface area contributed by atoms with Crippen LogP contribution in [0.3, 0.4) is 0 Å². The number of hydrogen-bond acceptors (Lipinski definition) is 6. The van der Waals surface area contributed by atoms with Gasteiger partial charge in [-0.2, -0.15) is 4.80 Å². The Bertz CT molecular complexity index is 1570. The number of carbonyl (C=O) groups is 3. The first-order valence-electron chi connectivity index (χ1n) is 14.9. The number of benzene rings is 2. The summed E-state index contributed by atoms with van der Waals surface area (Å²) in [6.45, 7) is 7.53. The molecule has 1 aromatic heterocycles. The Balaban J connectivity index is 1.40. The smallest absolute Gasteiger partial charge is 0.301 e. The predicted octanol–water partition coefficient (Wildman–Crippen LogP) is 2.79. The van der Waals surface area contributed by atoms with Crippen LogP contribution in [0.15, 0.2) is 36.4 Å². The highest BCUT2D eigenvalue weighted by Gasteiger charge is 2.57. The molecule has 0 unspecified atom stereocenters. The van der Waals surface area contributed by atoms with Gasteiger partial charge in [0, 0.05) is 44.1 Å². The summed E-state index contributed by atoms with van der Waals surface area (Å²) in [5.41, 5.74) is 4.36. The first-order chi connectivity index (χ1) is 20.8. The van der Waals surface area contributed by atoms with Crippen LogP contribution in [-0.2, 0) is 30.1 Å². The lowest BCUT2D eigenvalue weighted by Crippen LogP contribution is -2.36. The largest absolute Gasteiger partial charge is 0.355 e. The summed E-state index contributed by atoms with van der Waals surface area (Å²) in [5, 5.41) is 18.9. The normalized spacial score (nSPS) is 21.1. The minimum Gasteiger partial charge on any atom is -0.355 e. The molecule has 2 N–H and O–H groups in total. The third-order valence-corrected chi connectivity index (χ3v) is 9.37. The van der Waals surface area contributed by atoms with Crippen molar-refractivity contribution in [2.24, 2.45) is 13.0 Å². The molecule has 3 aromatic rings. The number of amides is 3. The Morgan fingerprint density at radius 3 is 2.14 bits per heavy atom. The van der Waals surface area contributed by atoms with Gasteiger partial charge in [0.1, 0.15) is 0 Å². The third kappa shape index (κ3) is 4.94. The highest BCUT2D eigenvalue weighted by Crippen LogP contribution is 2.49. The second-order valence-electron chi connectivity index (χ2n) is 11.8. The zero-order chi connectivity index (χ0) is 30.3. The Labute approximate surface area is 250 Å². The summed E-state index contributed by atoms with van der Waals surface area (Å²) in [4.78, 5) is 45.4. The number of aromatic nitrogens is 4. The van der Waals surface area contributed by atoms with Gasteiger partial charge in [0.2, 0.25) is 5.91 Å². The van der Waals surface area contributed by atoms with E-state index >= 15 is 0 Å². The molecule has 3 amide bonds. The van der Waals surface area contributed by atoms with Crippen LogP contribution in [0.25, 0.3) is 4.85 Å². The van der Waals surface area contributed by atoms with E-state index in [1.54, 1.807) is 21.1 Å². The molecule has 2 fully saturated rings. The first-order valence-corrected chi connectivity index (χ1v) is 14.9. The molecule has 2 aromatic carbocycles. The number of nitrogens with one attached hydrogen (secondary N) is 2. The molecule has 0 spiro atoms. The SMILES string of the molecule is [C-]#[N+][C@@H]1C[C@@H]2C[C@@H]2N1C(=O)CCCCC1(c2nnn(C)n2)c2ccc(C(=O)NC)cc2CCc2cc(C(=O)NC)ccc21. The number of nitrogens with zero attached hydrogens (tertiary/aromatic N) is 6. The second-order valence-corrected chi connectivity index (χ2v) is 11.8. The van der Waals surface area contributed by atoms with E-state index in [9.17, 15) is 14.4 Å². The van der Waals surface area contributed by atoms with Crippen LogP contribution in [0, 0.1) is 12.5 Å². The molecule has 2 aliphatic carbocycles. The first kappa shape index (κ1) is 28.5. The number of carbonyl (C=O) groups excluding carboxylic acids is 3. The van der Waals surface area contributed by atoms with Crippen LogP contribution in [0.5, 0.6) is 0 Å². The van der Waals surface area contributed by atoms with Gasteiger partial charge in [0.15, 0.2) is 5.82 Å². The molecule has 1 saturated carbocycles. The quantitative estimate of drug-likeness (QED) is 0.312. The number of fused-ring (bicyclic) bond motifs is 3. The van der Waals surface area contributed by atoms with Gasteiger partial charge in [-0.05, 0) is 89.8 Å². The molecule has 43 heavy (non-hydrogen) atoms. The van der Waals surface area contributed by atoms with Crippen LogP contribution in [0.4, 0.5) is 0 Å². The zero-order valence-corrected chi connectivity index (χ0v) is 24.8. The van der Waals surface area contributed by atoms with Crippen molar-refractivity contribution in [1.29, 1.82) is 0 Å². The lowest BCUT2D eigenvalue weighted by molar-refractivity contribution is -0.132. The number of rotatable bonds is 8. The Hall–Kier alpha value is -4.59. The molecule has 3 atom stereocenters. The van der Waals surface area contributed by atoms with Gasteiger partial charge in [-0.1, -0.05) is 18.6 Å². The molecule has 222 valence electrons. The van der Waals surface area contributed by atoms with E-state index < -0.39 is 5.41 Å². The number of unbranched alkanes of at least 4 members (excludes halogenated alkanes) is 1. The second kappa shape index (κ2) is 11.2. The average Bonchev–Trinajstić information content (AvgIpc) is 3.52. The topological polar surface area (TPSA) is 126 Å². The maximum Gasteiger partial charge on any atom is 0.301 e. The molecular weight excluding hydrogens is 544 g/mol. The molecule has 3 aliphatic rings. The van der Waals surface area contributed by atoms with Crippen molar-refractivity contribution in [3.8, 4) is 0 Å². The van der Waals surface area contributed by atoms with E-state index in [1.165, 1.54) is 4.80 Å². The van der Waals surface area contributed by atoms with Gasteiger partial charge >= 0.3 is 6.17 Å². The van der Waals surface area contributed by atoms with Crippen LogP contribution in [-0.4, -0.2) is 69.1 Å². The van der Waals surface area contributed by atoms with Crippen molar-refractivity contribution >= 4 is 17.7 Å². The molecular formula is C32H36N8O3. The monoisotopic (exact) mass is 580 g/mol. The molecule has 1 aliphatic heterocycles. The number of aryl methyl sites for hydroxylation is 3. The van der Waals surface area contributed by atoms with Crippen LogP contribution < -0.4 is 10.6 Å². The molecule has 0 radical (unpaired) electrons. The van der Waals surface area contributed by atoms with Crippen molar-refractivity contribution in [2.45, 2.75) is 69.0 Å². The van der Waals surface area contributed by atoms with Gasteiger partial charge in [-0.25, -0.2) is 6.57 Å². The summed E-state index contributed by atoms with van der Waals surface area (Å²) >= 11 is 0. The lowest BCUT2D eigenvalue weighted by Gasteiger charge is -2.34. The van der Waals surface area contributed by atoms with Crippen molar-refractivity contribution in [3.05, 3.63) is 87.0 Å². The summed E-state index contributed by atoms with van der Waals surface area (Å²) < 4.78 is 0. The van der Waals surface area contributed by atoms with E-state index in [2.05, 4.69) is 25.8 Å². The molecule has 1 saturated heterocycles. The van der Waals surface area contributed by atoms with Crippen molar-refractivity contribution < 1.29 is 14.4 Å². The lowest BCUT2D eigenvalue weighted by atomic mass is 9.68. The van der Waals surface area contributed by atoms with Gasteiger partial charge in [-0.3, -0.25) is 24.1 Å². The summed E-state index contributed by atoms with van der Waals surface area (Å²) in [6.07, 6.45) is 5.15. The minimum absolute atomic E-state index is 0.0600. The van der Waals surface area contributed by atoms with E-state index in [4.69, 9.17) is 11.7 Å². The van der Waals surface area contributed by atoms with Crippen molar-refractivity contribution in [1.82, 2.24) is 35.7 Å². The molecule has 0 bridgehead atoms. The van der Waals surface area contributed by atoms with E-state index in [-0.39, 0.29) is 29.9 Å². The summed E-state index contributed by atoms with van der Waals surface area (Å²) in [7, 11) is 4.97. The number of piperidine rings is 1. The fourth-order valence-corrected chi connectivity index (χ4v) is 7.19. The maximum absolute atomic E-state index is 13.2. The fraction of sp³-hybridized carbons (Fsp3) is 0.469. The van der Waals surface area contributed by atoms with E-state index in [0.717, 1.165) is 35.1 Å². The van der Waals surface area contributed by atoms with Gasteiger partial charge in [0.05, 0.1) is 12.5 Å². The van der Waals surface area contributed by atoms with E-state index in [1.807, 2.05) is 41.3 Å². The Morgan fingerprint density at radius 1 is 0.977 bits per heavy atom. The van der Waals surface area contributed by atoms with Crippen molar-refractivity contribution in [3.63, 3.8) is 0 Å². The highest BCUT2D eigenvalue weighted by atomic mass is 16.2. The number of tetrazole rings is 1. The fourth-order valence-electron chi connectivity index (χ4n) is 7.19. The number of hydrogen-bond donors (Lipinski definition) is 2. The predicted molar refractivity (Wildman–Crippen MR) is 158 cm³/mol. The Morgan fingerprint density at radius 2 is 1.60 bits per heavy atom. The average molecular weight is 581 g/mol. The summed E-state index contributed by atoms with van der Waals surface area (Å²) in [5.74, 6) is 0.771. The van der Waals surface area contributed by atoms with Gasteiger partial charge in [-0.15, -0.1) is 10.2 Å². The molecule has 11 heteroatoms. The number of likely N-dealkylation sites (tertiary alicyclic amines) is 1. The minimum atomic E-state index is -0.810.